The molecule has 4 rings (SSSR count). The van der Waals surface area contributed by atoms with E-state index in [-0.39, 0.29) is 29.0 Å². The van der Waals surface area contributed by atoms with Crippen LogP contribution in [0, 0.1) is 13.8 Å². The first kappa shape index (κ1) is 21.7. The van der Waals surface area contributed by atoms with E-state index in [2.05, 4.69) is 5.32 Å². The Morgan fingerprint density at radius 2 is 1.69 bits per heavy atom. The normalized spacial score (nSPS) is 16.1. The molecule has 0 bridgehead atoms. The van der Waals surface area contributed by atoms with Crippen LogP contribution in [-0.4, -0.2) is 41.2 Å². The van der Waals surface area contributed by atoms with Crippen molar-refractivity contribution in [2.24, 2.45) is 0 Å². The number of carbonyl (C=O) groups is 4. The fourth-order valence-corrected chi connectivity index (χ4v) is 4.33. The third-order valence-corrected chi connectivity index (χ3v) is 6.10. The van der Waals surface area contributed by atoms with Gasteiger partial charge in [0, 0.05) is 11.7 Å². The average molecular weight is 434 g/mol. The van der Waals surface area contributed by atoms with Crippen molar-refractivity contribution in [2.75, 3.05) is 11.9 Å². The summed E-state index contributed by atoms with van der Waals surface area (Å²) in [5, 5.41) is 2.73. The number of hydrogen-bond donors (Lipinski definition) is 1. The number of nitrogens with zero attached hydrogens (tertiary/aromatic N) is 1. The van der Waals surface area contributed by atoms with Gasteiger partial charge in [0.15, 0.2) is 6.61 Å². The Labute approximate surface area is 186 Å². The standard InChI is InChI=1S/C25H26N2O5/c1-15-8-9-16(2)21(12-15)26-22(28)14-32-25(31)17-10-11-19-20(13-17)24(30)27(23(19)29)18-6-4-3-5-7-18/h8-13,18H,3-7,14H2,1-2H3,(H,26,28). The van der Waals surface area contributed by atoms with Gasteiger partial charge in [-0.15, -0.1) is 0 Å². The monoisotopic (exact) mass is 434 g/mol. The number of fused-ring (bicyclic) bond motifs is 1. The molecule has 166 valence electrons. The molecule has 0 unspecified atom stereocenters. The topological polar surface area (TPSA) is 92.8 Å². The Balaban J connectivity index is 1.41. The number of amides is 3. The van der Waals surface area contributed by atoms with Crippen molar-refractivity contribution in [3.8, 4) is 0 Å². The number of benzene rings is 2. The highest BCUT2D eigenvalue weighted by Gasteiger charge is 2.40. The molecule has 2 aliphatic rings. The predicted molar refractivity (Wildman–Crippen MR) is 119 cm³/mol. The molecule has 0 radical (unpaired) electrons. The maximum atomic E-state index is 12.9. The van der Waals surface area contributed by atoms with E-state index in [4.69, 9.17) is 4.74 Å². The Morgan fingerprint density at radius 3 is 2.44 bits per heavy atom. The molecule has 0 saturated heterocycles. The van der Waals surface area contributed by atoms with Crippen LogP contribution in [0.4, 0.5) is 5.69 Å². The lowest BCUT2D eigenvalue weighted by molar-refractivity contribution is -0.119. The van der Waals surface area contributed by atoms with Gasteiger partial charge in [-0.3, -0.25) is 19.3 Å². The second-order valence-corrected chi connectivity index (χ2v) is 8.48. The Hall–Kier alpha value is -3.48. The van der Waals surface area contributed by atoms with E-state index < -0.39 is 18.5 Å². The van der Waals surface area contributed by atoms with E-state index in [1.54, 1.807) is 0 Å². The minimum atomic E-state index is -0.722. The van der Waals surface area contributed by atoms with Gasteiger partial charge in [0.05, 0.1) is 16.7 Å². The van der Waals surface area contributed by atoms with E-state index in [1.165, 1.54) is 23.1 Å². The summed E-state index contributed by atoms with van der Waals surface area (Å²) in [5.41, 5.74) is 3.23. The van der Waals surface area contributed by atoms with Crippen LogP contribution >= 0.6 is 0 Å². The quantitative estimate of drug-likeness (QED) is 0.567. The molecule has 7 nitrogen and oxygen atoms in total. The van der Waals surface area contributed by atoms with Gasteiger partial charge in [0.2, 0.25) is 0 Å². The molecule has 1 aliphatic carbocycles. The van der Waals surface area contributed by atoms with Crippen LogP contribution in [0.5, 0.6) is 0 Å². The summed E-state index contributed by atoms with van der Waals surface area (Å²) in [7, 11) is 0. The van der Waals surface area contributed by atoms with Crippen molar-refractivity contribution in [3.05, 3.63) is 64.2 Å². The largest absolute Gasteiger partial charge is 0.452 e. The van der Waals surface area contributed by atoms with E-state index in [0.29, 0.717) is 11.3 Å². The highest BCUT2D eigenvalue weighted by atomic mass is 16.5. The van der Waals surface area contributed by atoms with Crippen LogP contribution in [0.2, 0.25) is 0 Å². The van der Waals surface area contributed by atoms with E-state index in [0.717, 1.165) is 43.2 Å². The molecule has 0 spiro atoms. The fraction of sp³-hybridized carbons (Fsp3) is 0.360. The van der Waals surface area contributed by atoms with Crippen LogP contribution in [0.3, 0.4) is 0 Å². The van der Waals surface area contributed by atoms with Gasteiger partial charge in [0.1, 0.15) is 0 Å². The van der Waals surface area contributed by atoms with Gasteiger partial charge in [-0.2, -0.15) is 0 Å². The number of hydrogen-bond acceptors (Lipinski definition) is 5. The molecule has 32 heavy (non-hydrogen) atoms. The molecular weight excluding hydrogens is 408 g/mol. The summed E-state index contributed by atoms with van der Waals surface area (Å²) in [6, 6.07) is 9.95. The molecule has 1 fully saturated rings. The van der Waals surface area contributed by atoms with E-state index >= 15 is 0 Å². The molecule has 0 atom stereocenters. The second-order valence-electron chi connectivity index (χ2n) is 8.48. The highest BCUT2D eigenvalue weighted by Crippen LogP contribution is 2.31. The zero-order valence-electron chi connectivity index (χ0n) is 18.3. The second kappa shape index (κ2) is 8.94. The van der Waals surface area contributed by atoms with Crippen LogP contribution in [0.15, 0.2) is 36.4 Å². The summed E-state index contributed by atoms with van der Waals surface area (Å²) in [5.74, 6) is -1.84. The number of ether oxygens (including phenoxy) is 1. The Bertz CT molecular complexity index is 1100. The lowest BCUT2D eigenvalue weighted by Crippen LogP contribution is -2.40. The number of imide groups is 1. The number of aryl methyl sites for hydroxylation is 2. The van der Waals surface area contributed by atoms with Gasteiger partial charge in [-0.25, -0.2) is 4.79 Å². The zero-order chi connectivity index (χ0) is 22.8. The van der Waals surface area contributed by atoms with Gasteiger partial charge < -0.3 is 10.1 Å². The number of nitrogens with one attached hydrogen (secondary N) is 1. The lowest BCUT2D eigenvalue weighted by atomic mass is 9.94. The molecule has 1 heterocycles. The van der Waals surface area contributed by atoms with Crippen molar-refractivity contribution in [1.82, 2.24) is 4.90 Å². The smallest absolute Gasteiger partial charge is 0.338 e. The average Bonchev–Trinajstić information content (AvgIpc) is 3.04. The summed E-state index contributed by atoms with van der Waals surface area (Å²) in [6.45, 7) is 3.34. The van der Waals surface area contributed by atoms with Crippen LogP contribution in [0.25, 0.3) is 0 Å². The molecule has 0 aromatic heterocycles. The van der Waals surface area contributed by atoms with Crippen molar-refractivity contribution < 1.29 is 23.9 Å². The van der Waals surface area contributed by atoms with E-state index in [9.17, 15) is 19.2 Å². The van der Waals surface area contributed by atoms with Crippen molar-refractivity contribution in [3.63, 3.8) is 0 Å². The van der Waals surface area contributed by atoms with Crippen LogP contribution < -0.4 is 5.32 Å². The first-order valence-electron chi connectivity index (χ1n) is 10.9. The van der Waals surface area contributed by atoms with E-state index in [1.807, 2.05) is 32.0 Å². The third kappa shape index (κ3) is 4.28. The highest BCUT2D eigenvalue weighted by molar-refractivity contribution is 6.22. The Morgan fingerprint density at radius 1 is 0.969 bits per heavy atom. The third-order valence-electron chi connectivity index (χ3n) is 6.10. The molecule has 7 heteroatoms. The van der Waals surface area contributed by atoms with Crippen molar-refractivity contribution in [2.45, 2.75) is 52.0 Å². The summed E-state index contributed by atoms with van der Waals surface area (Å²) < 4.78 is 5.14. The number of rotatable bonds is 5. The van der Waals surface area contributed by atoms with Gasteiger partial charge in [-0.1, -0.05) is 31.4 Å². The molecule has 1 aliphatic heterocycles. The maximum absolute atomic E-state index is 12.9. The summed E-state index contributed by atoms with van der Waals surface area (Å²) in [6.07, 6.45) is 4.75. The minimum absolute atomic E-state index is 0.0830. The van der Waals surface area contributed by atoms with Crippen molar-refractivity contribution in [1.29, 1.82) is 0 Å². The fourth-order valence-electron chi connectivity index (χ4n) is 4.33. The van der Waals surface area contributed by atoms with Gasteiger partial charge in [-0.05, 0) is 62.1 Å². The first-order chi connectivity index (χ1) is 15.3. The molecule has 3 amide bonds. The lowest BCUT2D eigenvalue weighted by Gasteiger charge is -2.29. The molecule has 1 saturated carbocycles. The predicted octanol–water partition coefficient (Wildman–Crippen LogP) is 4.03. The number of esters is 1. The summed E-state index contributed by atoms with van der Waals surface area (Å²) in [4.78, 5) is 51.7. The first-order valence-corrected chi connectivity index (χ1v) is 10.9. The molecular formula is C25H26N2O5. The molecule has 2 aromatic rings. The summed E-state index contributed by atoms with van der Waals surface area (Å²) >= 11 is 0. The number of carbonyl (C=O) groups excluding carboxylic acids is 4. The number of anilines is 1. The Kier molecular flexibility index (Phi) is 6.08. The van der Waals surface area contributed by atoms with Crippen molar-refractivity contribution >= 4 is 29.4 Å². The molecule has 2 aromatic carbocycles. The zero-order valence-corrected chi connectivity index (χ0v) is 18.3. The van der Waals surface area contributed by atoms with Crippen LogP contribution in [0.1, 0.15) is 74.3 Å². The van der Waals surface area contributed by atoms with Crippen LogP contribution in [-0.2, 0) is 9.53 Å². The molecule has 1 N–H and O–H groups in total. The SMILES string of the molecule is Cc1ccc(C)c(NC(=O)COC(=O)c2ccc3c(c2)C(=O)N(C2CCCCC2)C3=O)c1. The maximum Gasteiger partial charge on any atom is 0.338 e. The minimum Gasteiger partial charge on any atom is -0.452 e. The van der Waals surface area contributed by atoms with Gasteiger partial charge in [0.25, 0.3) is 17.7 Å². The van der Waals surface area contributed by atoms with Gasteiger partial charge >= 0.3 is 5.97 Å².